The van der Waals surface area contributed by atoms with Gasteiger partial charge in [-0.25, -0.2) is 4.79 Å². The largest absolute Gasteiger partial charge is 0.464 e. The summed E-state index contributed by atoms with van der Waals surface area (Å²) in [4.78, 5) is 25.4. The number of carbonyl (C=O) groups excluding carboxylic acids is 2. The fourth-order valence-electron chi connectivity index (χ4n) is 0.942. The predicted octanol–water partition coefficient (Wildman–Crippen LogP) is 0.341. The topological polar surface area (TPSA) is 68.3 Å². The van der Waals surface area contributed by atoms with Crippen LogP contribution in [0.25, 0.3) is 6.08 Å². The van der Waals surface area contributed by atoms with Gasteiger partial charge in [0.1, 0.15) is 5.70 Å². The van der Waals surface area contributed by atoms with Crippen LogP contribution in [0.1, 0.15) is 5.69 Å². The van der Waals surface area contributed by atoms with Crippen molar-refractivity contribution in [2.24, 2.45) is 0 Å². The second-order valence-electron chi connectivity index (χ2n) is 2.57. The second-order valence-corrected chi connectivity index (χ2v) is 2.57. The molecule has 1 N–H and O–H groups in total. The average Bonchev–Trinajstić information content (AvgIpc) is 2.29. The molecular formula is C10H10N2O3. The Morgan fingerprint density at radius 3 is 2.87 bits per heavy atom. The van der Waals surface area contributed by atoms with Crippen LogP contribution in [0.4, 0.5) is 0 Å². The number of methoxy groups -OCH3 is 1. The molecule has 0 bridgehead atoms. The minimum absolute atomic E-state index is 0.0474. The fraction of sp³-hybridized carbons (Fsp3) is 0.100. The van der Waals surface area contributed by atoms with Crippen molar-refractivity contribution in [2.75, 3.05) is 7.11 Å². The minimum Gasteiger partial charge on any atom is -0.464 e. The first kappa shape index (κ1) is 10.9. The highest BCUT2D eigenvalue weighted by molar-refractivity contribution is 5.94. The summed E-state index contributed by atoms with van der Waals surface area (Å²) >= 11 is 0. The molecule has 5 heteroatoms. The third kappa shape index (κ3) is 3.22. The highest BCUT2D eigenvalue weighted by atomic mass is 16.5. The third-order valence-corrected chi connectivity index (χ3v) is 1.60. The van der Waals surface area contributed by atoms with E-state index in [-0.39, 0.29) is 5.70 Å². The van der Waals surface area contributed by atoms with E-state index in [1.807, 2.05) is 0 Å². The molecule has 0 spiro atoms. The number of esters is 1. The van der Waals surface area contributed by atoms with Gasteiger partial charge < -0.3 is 10.1 Å². The van der Waals surface area contributed by atoms with Crippen molar-refractivity contribution in [3.05, 3.63) is 35.8 Å². The van der Waals surface area contributed by atoms with Crippen LogP contribution in [-0.4, -0.2) is 24.5 Å². The van der Waals surface area contributed by atoms with E-state index in [1.165, 1.54) is 13.2 Å². The van der Waals surface area contributed by atoms with Gasteiger partial charge in [0.2, 0.25) is 6.41 Å². The van der Waals surface area contributed by atoms with Gasteiger partial charge in [-0.05, 0) is 18.2 Å². The molecule has 15 heavy (non-hydrogen) atoms. The molecule has 1 aromatic rings. The predicted molar refractivity (Wildman–Crippen MR) is 53.4 cm³/mol. The number of amides is 1. The summed E-state index contributed by atoms with van der Waals surface area (Å²) in [6, 6.07) is 5.23. The Morgan fingerprint density at radius 1 is 1.53 bits per heavy atom. The van der Waals surface area contributed by atoms with Gasteiger partial charge in [-0.1, -0.05) is 6.07 Å². The monoisotopic (exact) mass is 206 g/mol. The number of pyridine rings is 1. The standard InChI is InChI=1S/C10H10N2O3/c1-15-10(14)9(12-7-13)6-8-4-2-3-5-11-8/h2-7H,1H3,(H,12,13)/b9-6-. The third-order valence-electron chi connectivity index (χ3n) is 1.60. The van der Waals surface area contributed by atoms with Crippen LogP contribution in [-0.2, 0) is 14.3 Å². The molecule has 1 aromatic heterocycles. The van der Waals surface area contributed by atoms with Crippen molar-refractivity contribution in [3.63, 3.8) is 0 Å². The van der Waals surface area contributed by atoms with Crippen LogP contribution in [0.5, 0.6) is 0 Å². The molecule has 0 saturated carbocycles. The van der Waals surface area contributed by atoms with Crippen LogP contribution in [0.15, 0.2) is 30.1 Å². The number of carbonyl (C=O) groups is 2. The van der Waals surface area contributed by atoms with Crippen molar-refractivity contribution in [1.29, 1.82) is 0 Å². The zero-order chi connectivity index (χ0) is 11.1. The summed E-state index contributed by atoms with van der Waals surface area (Å²) < 4.78 is 4.48. The summed E-state index contributed by atoms with van der Waals surface area (Å²) in [5.74, 6) is -0.618. The Labute approximate surface area is 86.8 Å². The first-order chi connectivity index (χ1) is 7.27. The highest BCUT2D eigenvalue weighted by Gasteiger charge is 2.08. The number of hydrogen-bond donors (Lipinski definition) is 1. The van der Waals surface area contributed by atoms with E-state index in [2.05, 4.69) is 15.0 Å². The number of hydrogen-bond acceptors (Lipinski definition) is 4. The van der Waals surface area contributed by atoms with Gasteiger partial charge >= 0.3 is 5.97 Å². The van der Waals surface area contributed by atoms with Gasteiger partial charge in [-0.15, -0.1) is 0 Å². The highest BCUT2D eigenvalue weighted by Crippen LogP contribution is 2.02. The van der Waals surface area contributed by atoms with Crippen LogP contribution < -0.4 is 5.32 Å². The van der Waals surface area contributed by atoms with Crippen molar-refractivity contribution >= 4 is 18.5 Å². The Kier molecular flexibility index (Phi) is 4.03. The average molecular weight is 206 g/mol. The Bertz CT molecular complexity index is 374. The molecule has 1 rings (SSSR count). The van der Waals surface area contributed by atoms with Crippen molar-refractivity contribution in [1.82, 2.24) is 10.3 Å². The lowest BCUT2D eigenvalue weighted by atomic mass is 10.3. The van der Waals surface area contributed by atoms with Crippen LogP contribution in [0, 0.1) is 0 Å². The first-order valence-corrected chi connectivity index (χ1v) is 4.19. The number of ether oxygens (including phenoxy) is 1. The molecule has 0 atom stereocenters. The Balaban J connectivity index is 2.93. The van der Waals surface area contributed by atoms with Crippen LogP contribution in [0.3, 0.4) is 0 Å². The number of rotatable bonds is 4. The number of aromatic nitrogens is 1. The van der Waals surface area contributed by atoms with Crippen molar-refractivity contribution < 1.29 is 14.3 Å². The molecule has 0 aromatic carbocycles. The summed E-state index contributed by atoms with van der Waals surface area (Å²) in [6.07, 6.45) is 3.42. The summed E-state index contributed by atoms with van der Waals surface area (Å²) in [5.41, 5.74) is 0.610. The molecule has 0 aliphatic carbocycles. The maximum absolute atomic E-state index is 11.2. The molecule has 0 fully saturated rings. The van der Waals surface area contributed by atoms with Gasteiger partial charge in [0, 0.05) is 6.20 Å². The number of nitrogens with one attached hydrogen (secondary N) is 1. The van der Waals surface area contributed by atoms with E-state index < -0.39 is 5.97 Å². The van der Waals surface area contributed by atoms with Crippen molar-refractivity contribution in [2.45, 2.75) is 0 Å². The van der Waals surface area contributed by atoms with E-state index in [9.17, 15) is 9.59 Å². The summed E-state index contributed by atoms with van der Waals surface area (Å²) in [6.45, 7) is 0. The Morgan fingerprint density at radius 2 is 2.33 bits per heavy atom. The molecule has 5 nitrogen and oxygen atoms in total. The van der Waals surface area contributed by atoms with Gasteiger partial charge in [-0.3, -0.25) is 9.78 Å². The molecule has 0 radical (unpaired) electrons. The zero-order valence-corrected chi connectivity index (χ0v) is 8.14. The lowest BCUT2D eigenvalue weighted by molar-refractivity contribution is -0.137. The molecule has 0 aliphatic heterocycles. The summed E-state index contributed by atoms with van der Waals surface area (Å²) in [7, 11) is 1.24. The lowest BCUT2D eigenvalue weighted by Crippen LogP contribution is -2.19. The quantitative estimate of drug-likeness (QED) is 0.438. The van der Waals surface area contributed by atoms with Crippen molar-refractivity contribution in [3.8, 4) is 0 Å². The molecule has 1 amide bonds. The number of nitrogens with zero attached hydrogens (tertiary/aromatic N) is 1. The smallest absolute Gasteiger partial charge is 0.354 e. The van der Waals surface area contributed by atoms with Gasteiger partial charge in [0.25, 0.3) is 0 Å². The molecule has 78 valence electrons. The second kappa shape index (κ2) is 5.54. The fourth-order valence-corrected chi connectivity index (χ4v) is 0.942. The van der Waals surface area contributed by atoms with Gasteiger partial charge in [-0.2, -0.15) is 0 Å². The van der Waals surface area contributed by atoms with E-state index in [0.29, 0.717) is 12.1 Å². The molecule has 0 unspecified atom stereocenters. The molecular weight excluding hydrogens is 196 g/mol. The molecule has 0 aliphatic rings. The van der Waals surface area contributed by atoms with Gasteiger partial charge in [0.15, 0.2) is 0 Å². The van der Waals surface area contributed by atoms with E-state index >= 15 is 0 Å². The maximum atomic E-state index is 11.2. The first-order valence-electron chi connectivity index (χ1n) is 4.19. The molecule has 1 heterocycles. The van der Waals surface area contributed by atoms with E-state index in [1.54, 1.807) is 24.4 Å². The Hall–Kier alpha value is -2.17. The lowest BCUT2D eigenvalue weighted by Gasteiger charge is -2.02. The zero-order valence-electron chi connectivity index (χ0n) is 8.14. The van der Waals surface area contributed by atoms with Gasteiger partial charge in [0.05, 0.1) is 12.8 Å². The van der Waals surface area contributed by atoms with E-state index in [4.69, 9.17) is 0 Å². The normalized spacial score (nSPS) is 10.6. The van der Waals surface area contributed by atoms with E-state index in [0.717, 1.165) is 0 Å². The summed E-state index contributed by atoms with van der Waals surface area (Å²) in [5, 5.41) is 2.25. The SMILES string of the molecule is COC(=O)/C(=C/c1ccccn1)NC=O. The molecule has 0 saturated heterocycles. The maximum Gasteiger partial charge on any atom is 0.354 e. The minimum atomic E-state index is -0.618. The van der Waals surface area contributed by atoms with Crippen LogP contribution in [0.2, 0.25) is 0 Å². The van der Waals surface area contributed by atoms with Crippen LogP contribution >= 0.6 is 0 Å².